The summed E-state index contributed by atoms with van der Waals surface area (Å²) in [4.78, 5) is 16.5. The first kappa shape index (κ1) is 19.2. The van der Waals surface area contributed by atoms with Crippen LogP contribution in [0.5, 0.6) is 5.75 Å². The lowest BCUT2D eigenvalue weighted by atomic mass is 10.3. The zero-order valence-electron chi connectivity index (χ0n) is 14.8. The highest BCUT2D eigenvalue weighted by molar-refractivity contribution is 7.99. The fraction of sp³-hybridized carbons (Fsp3) is 0.222. The molecule has 0 unspecified atom stereocenters. The van der Waals surface area contributed by atoms with Gasteiger partial charge < -0.3 is 14.6 Å². The van der Waals surface area contributed by atoms with Crippen molar-refractivity contribution in [3.05, 3.63) is 47.7 Å². The average molecular weight is 404 g/mol. The molecule has 3 aromatic rings. The third-order valence-corrected chi connectivity index (χ3v) is 4.92. The Hall–Kier alpha value is -2.58. The van der Waals surface area contributed by atoms with Gasteiger partial charge in [-0.15, -0.1) is 10.2 Å². The summed E-state index contributed by atoms with van der Waals surface area (Å²) in [5.74, 6) is 1.27. The van der Waals surface area contributed by atoms with Crippen LogP contribution in [0.25, 0.3) is 11.4 Å². The molecule has 2 heterocycles. The van der Waals surface area contributed by atoms with E-state index in [1.807, 2.05) is 23.6 Å². The molecule has 0 saturated heterocycles. The first-order chi connectivity index (χ1) is 13.1. The summed E-state index contributed by atoms with van der Waals surface area (Å²) in [5, 5.41) is 12.5. The van der Waals surface area contributed by atoms with Crippen LogP contribution in [-0.2, 0) is 11.3 Å². The number of amides is 1. The molecule has 1 amide bonds. The summed E-state index contributed by atoms with van der Waals surface area (Å²) in [7, 11) is 1.54. The van der Waals surface area contributed by atoms with E-state index in [2.05, 4.69) is 20.5 Å². The molecule has 0 radical (unpaired) electrons. The van der Waals surface area contributed by atoms with E-state index < -0.39 is 0 Å². The number of carbonyl (C=O) groups is 1. The van der Waals surface area contributed by atoms with Crippen molar-refractivity contribution >= 4 is 35.0 Å². The quantitative estimate of drug-likeness (QED) is 0.605. The number of rotatable bonds is 7. The highest BCUT2D eigenvalue weighted by atomic mass is 35.5. The topological polar surface area (TPSA) is 81.9 Å². The fourth-order valence-electron chi connectivity index (χ4n) is 2.48. The normalized spacial score (nSPS) is 10.6. The van der Waals surface area contributed by atoms with Gasteiger partial charge in [0.2, 0.25) is 5.91 Å². The SMILES string of the molecule is CCn1c(SCC(=O)Nc2cc(Cl)ccc2OC)nnc1-c1cccnc1. The van der Waals surface area contributed by atoms with Crippen LogP contribution in [0.4, 0.5) is 5.69 Å². The number of nitrogens with one attached hydrogen (secondary N) is 1. The van der Waals surface area contributed by atoms with Gasteiger partial charge in [0.05, 0.1) is 18.6 Å². The molecule has 1 aromatic carbocycles. The first-order valence-corrected chi connectivity index (χ1v) is 9.58. The number of ether oxygens (including phenoxy) is 1. The van der Waals surface area contributed by atoms with Crippen LogP contribution < -0.4 is 10.1 Å². The van der Waals surface area contributed by atoms with Gasteiger partial charge in [-0.2, -0.15) is 0 Å². The number of hydrogen-bond donors (Lipinski definition) is 1. The van der Waals surface area contributed by atoms with E-state index in [9.17, 15) is 4.79 Å². The minimum atomic E-state index is -0.186. The number of aromatic nitrogens is 4. The largest absolute Gasteiger partial charge is 0.495 e. The predicted molar refractivity (Wildman–Crippen MR) is 106 cm³/mol. The van der Waals surface area contributed by atoms with E-state index in [4.69, 9.17) is 16.3 Å². The van der Waals surface area contributed by atoms with Crippen molar-refractivity contribution in [2.45, 2.75) is 18.6 Å². The van der Waals surface area contributed by atoms with Crippen molar-refractivity contribution in [2.24, 2.45) is 0 Å². The van der Waals surface area contributed by atoms with Crippen molar-refractivity contribution < 1.29 is 9.53 Å². The molecule has 3 rings (SSSR count). The van der Waals surface area contributed by atoms with Crippen molar-refractivity contribution in [1.29, 1.82) is 0 Å². The van der Waals surface area contributed by atoms with Crippen LogP contribution >= 0.6 is 23.4 Å². The van der Waals surface area contributed by atoms with Crippen LogP contribution in [0, 0.1) is 0 Å². The number of hydrogen-bond acceptors (Lipinski definition) is 6. The molecule has 0 saturated carbocycles. The molecule has 0 fully saturated rings. The number of pyridine rings is 1. The first-order valence-electron chi connectivity index (χ1n) is 8.22. The number of carbonyl (C=O) groups excluding carboxylic acids is 1. The number of thioether (sulfide) groups is 1. The van der Waals surface area contributed by atoms with E-state index in [0.29, 0.717) is 28.2 Å². The lowest BCUT2D eigenvalue weighted by Gasteiger charge is -2.10. The summed E-state index contributed by atoms with van der Waals surface area (Å²) >= 11 is 7.31. The average Bonchev–Trinajstić information content (AvgIpc) is 3.10. The standard InChI is InChI=1S/C18H18ClN5O2S/c1-3-24-17(12-5-4-8-20-10-12)22-23-18(24)27-11-16(25)21-14-9-13(19)6-7-15(14)26-2/h4-10H,3,11H2,1-2H3,(H,21,25). The molecule has 0 atom stereocenters. The smallest absolute Gasteiger partial charge is 0.234 e. The Kier molecular flexibility index (Phi) is 6.31. The van der Waals surface area contributed by atoms with Gasteiger partial charge in [-0.05, 0) is 37.3 Å². The van der Waals surface area contributed by atoms with Gasteiger partial charge in [0, 0.05) is 29.5 Å². The van der Waals surface area contributed by atoms with E-state index in [1.54, 1.807) is 30.6 Å². The number of halogens is 1. The predicted octanol–water partition coefficient (Wildman–Crippen LogP) is 3.75. The molecule has 140 valence electrons. The number of anilines is 1. The van der Waals surface area contributed by atoms with Gasteiger partial charge in [-0.1, -0.05) is 23.4 Å². The van der Waals surface area contributed by atoms with Gasteiger partial charge in [-0.25, -0.2) is 0 Å². The summed E-state index contributed by atoms with van der Waals surface area (Å²) in [6, 6.07) is 8.84. The summed E-state index contributed by atoms with van der Waals surface area (Å²) in [6.45, 7) is 2.69. The molecule has 1 N–H and O–H groups in total. The second-order valence-corrected chi connectivity index (χ2v) is 6.85. The molecular weight excluding hydrogens is 386 g/mol. The van der Waals surface area contributed by atoms with Gasteiger partial charge in [0.15, 0.2) is 11.0 Å². The fourth-order valence-corrected chi connectivity index (χ4v) is 3.46. The Morgan fingerprint density at radius 1 is 1.33 bits per heavy atom. The molecule has 0 bridgehead atoms. The molecule has 27 heavy (non-hydrogen) atoms. The highest BCUT2D eigenvalue weighted by Crippen LogP contribution is 2.28. The summed E-state index contributed by atoms with van der Waals surface area (Å²) < 4.78 is 7.19. The van der Waals surface area contributed by atoms with Crippen LogP contribution in [0.3, 0.4) is 0 Å². The monoisotopic (exact) mass is 403 g/mol. The molecule has 9 heteroatoms. The van der Waals surface area contributed by atoms with E-state index in [0.717, 1.165) is 11.4 Å². The Morgan fingerprint density at radius 3 is 2.89 bits per heavy atom. The summed E-state index contributed by atoms with van der Waals surface area (Å²) in [6.07, 6.45) is 3.45. The number of methoxy groups -OCH3 is 1. The lowest BCUT2D eigenvalue weighted by Crippen LogP contribution is -2.15. The molecule has 0 aliphatic carbocycles. The molecule has 0 aliphatic heterocycles. The maximum atomic E-state index is 12.3. The van der Waals surface area contributed by atoms with Crippen LogP contribution in [0.1, 0.15) is 6.92 Å². The van der Waals surface area contributed by atoms with Crippen molar-refractivity contribution in [3.63, 3.8) is 0 Å². The van der Waals surface area contributed by atoms with E-state index in [1.165, 1.54) is 18.9 Å². The highest BCUT2D eigenvalue weighted by Gasteiger charge is 2.15. The summed E-state index contributed by atoms with van der Waals surface area (Å²) in [5.41, 5.74) is 1.41. The Balaban J connectivity index is 1.69. The molecular formula is C18H18ClN5O2S. The molecule has 0 aliphatic rings. The molecule has 2 aromatic heterocycles. The van der Waals surface area contributed by atoms with Crippen LogP contribution in [0.2, 0.25) is 5.02 Å². The van der Waals surface area contributed by atoms with Gasteiger partial charge in [-0.3, -0.25) is 9.78 Å². The van der Waals surface area contributed by atoms with Crippen LogP contribution in [-0.4, -0.2) is 38.5 Å². The number of nitrogens with zero attached hydrogens (tertiary/aromatic N) is 4. The Labute approximate surface area is 166 Å². The van der Waals surface area contributed by atoms with Crippen molar-refractivity contribution in [1.82, 2.24) is 19.7 Å². The third kappa shape index (κ3) is 4.58. The molecule has 7 nitrogen and oxygen atoms in total. The zero-order chi connectivity index (χ0) is 19.2. The third-order valence-electron chi connectivity index (χ3n) is 3.72. The Bertz CT molecular complexity index is 933. The van der Waals surface area contributed by atoms with Gasteiger partial charge in [0.25, 0.3) is 0 Å². The van der Waals surface area contributed by atoms with Gasteiger partial charge >= 0.3 is 0 Å². The maximum Gasteiger partial charge on any atom is 0.234 e. The Morgan fingerprint density at radius 2 is 2.19 bits per heavy atom. The minimum absolute atomic E-state index is 0.181. The van der Waals surface area contributed by atoms with E-state index >= 15 is 0 Å². The van der Waals surface area contributed by atoms with Crippen molar-refractivity contribution in [3.8, 4) is 17.1 Å². The minimum Gasteiger partial charge on any atom is -0.495 e. The second kappa shape index (κ2) is 8.88. The van der Waals surface area contributed by atoms with Crippen LogP contribution in [0.15, 0.2) is 47.9 Å². The molecule has 0 spiro atoms. The van der Waals surface area contributed by atoms with Gasteiger partial charge in [0.1, 0.15) is 5.75 Å². The van der Waals surface area contributed by atoms with Crippen molar-refractivity contribution in [2.75, 3.05) is 18.2 Å². The maximum absolute atomic E-state index is 12.3. The number of benzene rings is 1. The zero-order valence-corrected chi connectivity index (χ0v) is 16.4. The van der Waals surface area contributed by atoms with E-state index in [-0.39, 0.29) is 11.7 Å². The second-order valence-electron chi connectivity index (χ2n) is 5.47. The lowest BCUT2D eigenvalue weighted by molar-refractivity contribution is -0.113.